The van der Waals surface area contributed by atoms with E-state index < -0.39 is 17.3 Å². The predicted molar refractivity (Wildman–Crippen MR) is 114 cm³/mol. The van der Waals surface area contributed by atoms with Gasteiger partial charge in [0.15, 0.2) is 0 Å². The highest BCUT2D eigenvalue weighted by Crippen LogP contribution is 2.38. The molecule has 1 aromatic carbocycles. The molecule has 2 aromatic heterocycles. The van der Waals surface area contributed by atoms with Gasteiger partial charge in [-0.2, -0.15) is 18.2 Å². The zero-order valence-electron chi connectivity index (χ0n) is 16.3. The summed E-state index contributed by atoms with van der Waals surface area (Å²) < 4.78 is 45.6. The number of benzene rings is 1. The van der Waals surface area contributed by atoms with Crippen molar-refractivity contribution >= 4 is 44.3 Å². The first-order chi connectivity index (χ1) is 14.7. The van der Waals surface area contributed by atoms with Crippen molar-refractivity contribution in [1.29, 1.82) is 0 Å². The molecule has 12 heteroatoms. The number of aromatic amines is 1. The summed E-state index contributed by atoms with van der Waals surface area (Å²) in [5.74, 6) is 0.109. The van der Waals surface area contributed by atoms with Gasteiger partial charge in [-0.25, -0.2) is 4.98 Å². The number of pyridine rings is 1. The minimum absolute atomic E-state index is 0.0331. The lowest BCUT2D eigenvalue weighted by Crippen LogP contribution is -2.28. The fourth-order valence-electron chi connectivity index (χ4n) is 3.45. The lowest BCUT2D eigenvalue weighted by molar-refractivity contribution is -0.138. The van der Waals surface area contributed by atoms with Crippen LogP contribution in [0.15, 0.2) is 33.7 Å². The van der Waals surface area contributed by atoms with Gasteiger partial charge in [-0.15, -0.1) is 0 Å². The molecule has 0 amide bonds. The minimum Gasteiger partial charge on any atom is -0.496 e. The summed E-state index contributed by atoms with van der Waals surface area (Å²) in [5.41, 5.74) is 4.99. The molecule has 3 aromatic rings. The average Bonchev–Trinajstić information content (AvgIpc) is 3.16. The van der Waals surface area contributed by atoms with Crippen LogP contribution in [0.4, 0.5) is 30.6 Å². The molecular weight excluding hydrogens is 481 g/mol. The van der Waals surface area contributed by atoms with Crippen molar-refractivity contribution in [1.82, 2.24) is 15.0 Å². The van der Waals surface area contributed by atoms with Crippen molar-refractivity contribution in [3.8, 4) is 5.75 Å². The number of methoxy groups -OCH3 is 1. The molecule has 1 aliphatic heterocycles. The highest BCUT2D eigenvalue weighted by molar-refractivity contribution is 9.10. The normalized spacial score (nSPS) is 16.7. The van der Waals surface area contributed by atoms with E-state index >= 15 is 0 Å². The van der Waals surface area contributed by atoms with Gasteiger partial charge in [0.2, 0.25) is 5.95 Å². The van der Waals surface area contributed by atoms with Crippen LogP contribution in [0.5, 0.6) is 5.75 Å². The quantitative estimate of drug-likeness (QED) is 0.505. The number of fused-ring (bicyclic) bond motifs is 1. The Hall–Kier alpha value is -2.86. The number of nitrogens with zero attached hydrogens (tertiary/aromatic N) is 3. The molecule has 0 unspecified atom stereocenters. The number of nitrogens with one attached hydrogen (secondary N) is 2. The van der Waals surface area contributed by atoms with E-state index in [1.165, 1.54) is 25.4 Å². The van der Waals surface area contributed by atoms with E-state index in [4.69, 9.17) is 10.5 Å². The van der Waals surface area contributed by atoms with Crippen molar-refractivity contribution in [2.45, 2.75) is 18.6 Å². The first kappa shape index (κ1) is 21.4. The monoisotopic (exact) mass is 498 g/mol. The predicted octanol–water partition coefficient (Wildman–Crippen LogP) is 3.39. The Balaban J connectivity index is 1.85. The molecule has 1 saturated heterocycles. The van der Waals surface area contributed by atoms with Crippen molar-refractivity contribution in [2.24, 2.45) is 5.73 Å². The number of halogens is 4. The SMILES string of the molecule is COc1ccc(Nc2nc(N3CC[C@@H](N)C3)nc3c(Br)c[nH]c(=O)c23)cc1C(F)(F)F. The summed E-state index contributed by atoms with van der Waals surface area (Å²) in [6, 6.07) is 3.49. The van der Waals surface area contributed by atoms with Crippen LogP contribution in [-0.2, 0) is 6.18 Å². The molecule has 0 bridgehead atoms. The van der Waals surface area contributed by atoms with Gasteiger partial charge >= 0.3 is 6.18 Å². The third-order valence-corrected chi connectivity index (χ3v) is 5.56. The van der Waals surface area contributed by atoms with Crippen LogP contribution in [0.25, 0.3) is 10.9 Å². The molecule has 1 atom stereocenters. The van der Waals surface area contributed by atoms with Crippen LogP contribution in [-0.4, -0.2) is 41.2 Å². The Bertz CT molecular complexity index is 1200. The average molecular weight is 499 g/mol. The molecule has 0 spiro atoms. The van der Waals surface area contributed by atoms with E-state index in [9.17, 15) is 18.0 Å². The fraction of sp³-hybridized carbons (Fsp3) is 0.316. The van der Waals surface area contributed by atoms with Gasteiger partial charge in [-0.05, 0) is 40.5 Å². The molecule has 8 nitrogen and oxygen atoms in total. The molecule has 1 aliphatic rings. The number of alkyl halides is 3. The van der Waals surface area contributed by atoms with E-state index in [1.54, 1.807) is 0 Å². The van der Waals surface area contributed by atoms with Crippen LogP contribution in [0.2, 0.25) is 0 Å². The zero-order valence-corrected chi connectivity index (χ0v) is 17.8. The fourth-order valence-corrected chi connectivity index (χ4v) is 3.85. The molecule has 0 saturated carbocycles. The maximum absolute atomic E-state index is 13.4. The Morgan fingerprint density at radius 2 is 2.13 bits per heavy atom. The first-order valence-electron chi connectivity index (χ1n) is 9.29. The number of hydrogen-bond acceptors (Lipinski definition) is 7. The van der Waals surface area contributed by atoms with Gasteiger partial charge in [0.25, 0.3) is 5.56 Å². The minimum atomic E-state index is -4.62. The number of ether oxygens (including phenoxy) is 1. The first-order valence-corrected chi connectivity index (χ1v) is 10.1. The highest BCUT2D eigenvalue weighted by Gasteiger charge is 2.34. The summed E-state index contributed by atoms with van der Waals surface area (Å²) in [6.45, 7) is 1.17. The van der Waals surface area contributed by atoms with Gasteiger partial charge in [0, 0.05) is 31.0 Å². The van der Waals surface area contributed by atoms with Crippen molar-refractivity contribution in [2.75, 3.05) is 30.4 Å². The van der Waals surface area contributed by atoms with Gasteiger partial charge in [0.05, 0.1) is 22.7 Å². The van der Waals surface area contributed by atoms with E-state index in [1.807, 2.05) is 4.90 Å². The molecule has 164 valence electrons. The Labute approximate surface area is 182 Å². The molecule has 0 radical (unpaired) electrons. The number of aromatic nitrogens is 3. The summed E-state index contributed by atoms with van der Waals surface area (Å²) in [7, 11) is 1.17. The third-order valence-electron chi connectivity index (χ3n) is 4.96. The molecule has 1 fully saturated rings. The summed E-state index contributed by atoms with van der Waals surface area (Å²) in [4.78, 5) is 25.9. The highest BCUT2D eigenvalue weighted by atomic mass is 79.9. The van der Waals surface area contributed by atoms with Crippen molar-refractivity contribution in [3.05, 3.63) is 44.8 Å². The van der Waals surface area contributed by atoms with Crippen LogP contribution >= 0.6 is 15.9 Å². The molecule has 4 rings (SSSR count). The number of nitrogens with two attached hydrogens (primary N) is 1. The Kier molecular flexibility index (Phi) is 5.52. The Morgan fingerprint density at radius 1 is 1.35 bits per heavy atom. The summed E-state index contributed by atoms with van der Waals surface area (Å²) in [6.07, 6.45) is -2.40. The zero-order chi connectivity index (χ0) is 22.3. The maximum atomic E-state index is 13.4. The summed E-state index contributed by atoms with van der Waals surface area (Å²) in [5, 5.41) is 2.97. The number of hydrogen-bond donors (Lipinski definition) is 3. The van der Waals surface area contributed by atoms with Crippen LogP contribution in [0.1, 0.15) is 12.0 Å². The van der Waals surface area contributed by atoms with Crippen LogP contribution in [0, 0.1) is 0 Å². The largest absolute Gasteiger partial charge is 0.496 e. The van der Waals surface area contributed by atoms with Crippen molar-refractivity contribution < 1.29 is 17.9 Å². The van der Waals surface area contributed by atoms with Crippen LogP contribution in [0.3, 0.4) is 0 Å². The molecular formula is C19H18BrF3N6O2. The summed E-state index contributed by atoms with van der Waals surface area (Å²) >= 11 is 3.37. The van der Waals surface area contributed by atoms with E-state index in [0.717, 1.165) is 12.5 Å². The molecule has 0 aliphatic carbocycles. The second-order valence-electron chi connectivity index (χ2n) is 7.09. The van der Waals surface area contributed by atoms with E-state index in [2.05, 4.69) is 36.2 Å². The van der Waals surface area contributed by atoms with Crippen LogP contribution < -0.4 is 26.2 Å². The van der Waals surface area contributed by atoms with Gasteiger partial charge < -0.3 is 25.7 Å². The standard InChI is InChI=1S/C19H18BrF3N6O2/c1-31-13-3-2-10(6-11(13)19(21,22)23)26-16-14-15(12(20)7-25-17(14)30)27-18(28-16)29-5-4-9(24)8-29/h2-3,6-7,9H,4-5,8,24H2,1H3,(H,25,30)(H,26,27,28)/t9-/m1/s1. The topological polar surface area (TPSA) is 109 Å². The second-order valence-corrected chi connectivity index (χ2v) is 7.95. The molecule has 31 heavy (non-hydrogen) atoms. The van der Waals surface area contributed by atoms with E-state index in [-0.39, 0.29) is 28.7 Å². The van der Waals surface area contributed by atoms with Gasteiger partial charge in [-0.1, -0.05) is 0 Å². The lowest BCUT2D eigenvalue weighted by Gasteiger charge is -2.19. The third kappa shape index (κ3) is 4.17. The van der Waals surface area contributed by atoms with Crippen molar-refractivity contribution in [3.63, 3.8) is 0 Å². The smallest absolute Gasteiger partial charge is 0.420 e. The lowest BCUT2D eigenvalue weighted by atomic mass is 10.1. The second kappa shape index (κ2) is 8.00. The number of rotatable bonds is 4. The molecule has 3 heterocycles. The van der Waals surface area contributed by atoms with Gasteiger partial charge in [0.1, 0.15) is 17.0 Å². The number of anilines is 3. The number of H-pyrrole nitrogens is 1. The van der Waals surface area contributed by atoms with E-state index in [0.29, 0.717) is 29.0 Å². The Morgan fingerprint density at radius 3 is 2.77 bits per heavy atom. The molecule has 4 N–H and O–H groups in total. The maximum Gasteiger partial charge on any atom is 0.420 e. The van der Waals surface area contributed by atoms with Gasteiger partial charge in [-0.3, -0.25) is 4.79 Å².